The van der Waals surface area contributed by atoms with E-state index in [4.69, 9.17) is 15.6 Å². The number of morpholine rings is 1. The Balaban J connectivity index is 2.28. The van der Waals surface area contributed by atoms with Crippen molar-refractivity contribution in [2.24, 2.45) is 0 Å². The Morgan fingerprint density at radius 2 is 2.33 bits per heavy atom. The molecule has 0 bridgehead atoms. The van der Waals surface area contributed by atoms with Crippen molar-refractivity contribution in [3.8, 4) is 0 Å². The monoisotopic (exact) mass is 294 g/mol. The van der Waals surface area contributed by atoms with Gasteiger partial charge in [-0.1, -0.05) is 11.3 Å². The van der Waals surface area contributed by atoms with Crippen molar-refractivity contribution in [1.29, 1.82) is 0 Å². The number of nitrogens with zero attached hydrogens (tertiary/aromatic N) is 3. The van der Waals surface area contributed by atoms with Gasteiger partial charge in [0.25, 0.3) is 10.0 Å². The zero-order valence-corrected chi connectivity index (χ0v) is 11.3. The molecular formula is C8H14N4O4S2. The van der Waals surface area contributed by atoms with Crippen molar-refractivity contribution in [2.45, 2.75) is 23.4 Å². The summed E-state index contributed by atoms with van der Waals surface area (Å²) >= 11 is 0.822. The number of aliphatic hydroxyl groups is 1. The normalized spacial score (nSPS) is 26.3. The van der Waals surface area contributed by atoms with Crippen molar-refractivity contribution in [3.63, 3.8) is 0 Å². The molecule has 0 amide bonds. The lowest BCUT2D eigenvalue weighted by atomic mass is 10.2. The average molecular weight is 294 g/mol. The summed E-state index contributed by atoms with van der Waals surface area (Å²) in [5, 5.41) is 16.2. The maximum absolute atomic E-state index is 12.3. The Morgan fingerprint density at radius 3 is 2.89 bits per heavy atom. The largest absolute Gasteiger partial charge is 0.394 e. The highest BCUT2D eigenvalue weighted by molar-refractivity contribution is 7.91. The smallest absolute Gasteiger partial charge is 0.272 e. The van der Waals surface area contributed by atoms with Gasteiger partial charge in [-0.15, -0.1) is 10.2 Å². The second-order valence-electron chi connectivity index (χ2n) is 3.97. The molecule has 1 fully saturated rings. The molecule has 18 heavy (non-hydrogen) atoms. The molecule has 1 aliphatic rings. The van der Waals surface area contributed by atoms with E-state index in [-0.39, 0.29) is 35.3 Å². The number of nitrogen functional groups attached to an aromatic ring is 1. The zero-order chi connectivity index (χ0) is 13.3. The van der Waals surface area contributed by atoms with Gasteiger partial charge in [-0.2, -0.15) is 4.31 Å². The maximum atomic E-state index is 12.3. The van der Waals surface area contributed by atoms with Crippen molar-refractivity contribution in [2.75, 3.05) is 25.5 Å². The summed E-state index contributed by atoms with van der Waals surface area (Å²) in [4.78, 5) is 0. The van der Waals surface area contributed by atoms with Gasteiger partial charge >= 0.3 is 0 Å². The van der Waals surface area contributed by atoms with E-state index in [1.54, 1.807) is 6.92 Å². The van der Waals surface area contributed by atoms with Crippen LogP contribution in [0.4, 0.5) is 5.13 Å². The van der Waals surface area contributed by atoms with Gasteiger partial charge < -0.3 is 15.6 Å². The fourth-order valence-electron chi connectivity index (χ4n) is 1.66. The average Bonchev–Trinajstić information content (AvgIpc) is 2.77. The summed E-state index contributed by atoms with van der Waals surface area (Å²) in [6.45, 7) is 1.84. The SMILES string of the molecule is CC1COC(CO)CN1S(=O)(=O)c1nnc(N)s1. The van der Waals surface area contributed by atoms with E-state index in [0.29, 0.717) is 0 Å². The first-order chi connectivity index (χ1) is 8.45. The minimum atomic E-state index is -3.73. The van der Waals surface area contributed by atoms with Gasteiger partial charge in [0.15, 0.2) is 0 Å². The molecule has 1 aromatic rings. The lowest BCUT2D eigenvalue weighted by Crippen LogP contribution is -2.51. The molecule has 3 N–H and O–H groups in total. The van der Waals surface area contributed by atoms with Crippen LogP contribution in [0.15, 0.2) is 4.34 Å². The number of nitrogens with two attached hydrogens (primary N) is 1. The molecule has 2 atom stereocenters. The van der Waals surface area contributed by atoms with E-state index >= 15 is 0 Å². The second-order valence-corrected chi connectivity index (χ2v) is 7.04. The first-order valence-electron chi connectivity index (χ1n) is 5.28. The highest BCUT2D eigenvalue weighted by atomic mass is 32.2. The lowest BCUT2D eigenvalue weighted by Gasteiger charge is -2.35. The van der Waals surface area contributed by atoms with Gasteiger partial charge in [-0.05, 0) is 6.92 Å². The van der Waals surface area contributed by atoms with Crippen molar-refractivity contribution in [3.05, 3.63) is 0 Å². The summed E-state index contributed by atoms with van der Waals surface area (Å²) in [6, 6.07) is -0.317. The number of aliphatic hydroxyl groups excluding tert-OH is 1. The molecule has 2 unspecified atom stereocenters. The zero-order valence-electron chi connectivity index (χ0n) is 9.68. The Kier molecular flexibility index (Phi) is 3.82. The molecule has 0 spiro atoms. The summed E-state index contributed by atoms with van der Waals surface area (Å²) in [5.74, 6) is 0. The van der Waals surface area contributed by atoms with Crippen LogP contribution in [0.25, 0.3) is 0 Å². The number of rotatable bonds is 3. The lowest BCUT2D eigenvalue weighted by molar-refractivity contribution is -0.0516. The third-order valence-corrected chi connectivity index (χ3v) is 5.68. The van der Waals surface area contributed by atoms with Crippen LogP contribution in [0.1, 0.15) is 6.92 Å². The molecule has 1 aromatic heterocycles. The number of hydrogen-bond donors (Lipinski definition) is 2. The molecule has 1 saturated heterocycles. The van der Waals surface area contributed by atoms with Crippen LogP contribution in [0, 0.1) is 0 Å². The van der Waals surface area contributed by atoms with Crippen LogP contribution < -0.4 is 5.73 Å². The predicted octanol–water partition coefficient (Wildman–Crippen LogP) is -1.11. The van der Waals surface area contributed by atoms with Gasteiger partial charge in [0, 0.05) is 12.6 Å². The first-order valence-corrected chi connectivity index (χ1v) is 7.54. The Hall–Kier alpha value is -0.810. The Morgan fingerprint density at radius 1 is 1.61 bits per heavy atom. The molecule has 0 radical (unpaired) electrons. The van der Waals surface area contributed by atoms with Crippen LogP contribution in [0.5, 0.6) is 0 Å². The third kappa shape index (κ3) is 2.47. The first kappa shape index (κ1) is 13.6. The minimum absolute atomic E-state index is 0.0967. The number of hydrogen-bond acceptors (Lipinski definition) is 8. The molecule has 2 rings (SSSR count). The second kappa shape index (κ2) is 5.05. The maximum Gasteiger partial charge on any atom is 0.272 e. The number of anilines is 1. The van der Waals surface area contributed by atoms with Crippen LogP contribution in [-0.4, -0.2) is 59.9 Å². The number of sulfonamides is 1. The Labute approximate surface area is 108 Å². The van der Waals surface area contributed by atoms with Crippen LogP contribution in [-0.2, 0) is 14.8 Å². The quantitative estimate of drug-likeness (QED) is 0.725. The van der Waals surface area contributed by atoms with Gasteiger partial charge in [0.1, 0.15) is 0 Å². The predicted molar refractivity (Wildman–Crippen MR) is 64.5 cm³/mol. The van der Waals surface area contributed by atoms with Gasteiger partial charge in [0.05, 0.1) is 19.3 Å². The molecule has 10 heteroatoms. The molecule has 1 aliphatic heterocycles. The molecule has 2 heterocycles. The number of ether oxygens (including phenoxy) is 1. The Bertz CT molecular complexity index is 517. The van der Waals surface area contributed by atoms with Crippen LogP contribution in [0.2, 0.25) is 0 Å². The molecule has 0 aliphatic carbocycles. The van der Waals surface area contributed by atoms with Gasteiger partial charge in [-0.25, -0.2) is 8.42 Å². The standard InChI is InChI=1S/C8H14N4O4S2/c1-5-4-16-6(3-13)2-12(5)18(14,15)8-11-10-7(9)17-8/h5-6,13H,2-4H2,1H3,(H2,9,10). The molecule has 8 nitrogen and oxygen atoms in total. The fraction of sp³-hybridized carbons (Fsp3) is 0.750. The molecule has 0 aromatic carbocycles. The molecule has 0 saturated carbocycles. The van der Waals surface area contributed by atoms with Crippen molar-refractivity contribution < 1.29 is 18.3 Å². The van der Waals surface area contributed by atoms with E-state index < -0.39 is 16.1 Å². The van der Waals surface area contributed by atoms with Crippen LogP contribution in [0.3, 0.4) is 0 Å². The highest BCUT2D eigenvalue weighted by Crippen LogP contribution is 2.25. The summed E-state index contributed by atoms with van der Waals surface area (Å²) in [7, 11) is -3.73. The topological polar surface area (TPSA) is 119 Å². The fourth-order valence-corrected chi connectivity index (χ4v) is 4.21. The van der Waals surface area contributed by atoms with E-state index in [1.165, 1.54) is 4.31 Å². The summed E-state index contributed by atoms with van der Waals surface area (Å²) in [6.07, 6.45) is -0.513. The van der Waals surface area contributed by atoms with Gasteiger partial charge in [-0.3, -0.25) is 0 Å². The summed E-state index contributed by atoms with van der Waals surface area (Å²) < 4.78 is 31.0. The third-order valence-electron chi connectivity index (χ3n) is 2.60. The molecular weight excluding hydrogens is 280 g/mol. The van der Waals surface area contributed by atoms with Crippen molar-refractivity contribution >= 4 is 26.5 Å². The van der Waals surface area contributed by atoms with E-state index in [0.717, 1.165) is 11.3 Å². The van der Waals surface area contributed by atoms with E-state index in [9.17, 15) is 8.42 Å². The van der Waals surface area contributed by atoms with E-state index in [2.05, 4.69) is 10.2 Å². The van der Waals surface area contributed by atoms with E-state index in [1.807, 2.05) is 0 Å². The van der Waals surface area contributed by atoms with Gasteiger partial charge in [0.2, 0.25) is 9.47 Å². The van der Waals surface area contributed by atoms with Crippen molar-refractivity contribution in [1.82, 2.24) is 14.5 Å². The van der Waals surface area contributed by atoms with Crippen LogP contribution >= 0.6 is 11.3 Å². The number of aromatic nitrogens is 2. The summed E-state index contributed by atoms with van der Waals surface area (Å²) in [5.41, 5.74) is 5.39. The highest BCUT2D eigenvalue weighted by Gasteiger charge is 2.37. The molecule has 102 valence electrons. The minimum Gasteiger partial charge on any atom is -0.394 e.